The lowest BCUT2D eigenvalue weighted by atomic mass is 9.92. The van der Waals surface area contributed by atoms with Gasteiger partial charge in [0, 0.05) is 29.2 Å². The van der Waals surface area contributed by atoms with Crippen molar-refractivity contribution in [2.75, 3.05) is 13.3 Å². The molecule has 3 aromatic carbocycles. The first-order valence-electron chi connectivity index (χ1n) is 12.3. The average molecular weight is 463 g/mol. The number of ether oxygens (including phenoxy) is 2. The van der Waals surface area contributed by atoms with Gasteiger partial charge in [-0.1, -0.05) is 42.5 Å². The standard InChI is InChI=1S/C30H26N2O3/c33-28(13-9-19-8-10-20-4-3-5-21(20)16-19)32-15-14-24-23-6-1-2-7-25(23)31-29(24)30(32)22-11-12-26-27(17-22)35-18-34-26/h1-2,6-13,16-17,30-31H,3-5,14-15,18H2/b13-9+. The van der Waals surface area contributed by atoms with Gasteiger partial charge in [0.1, 0.15) is 0 Å². The number of para-hydroxylation sites is 1. The number of carbonyl (C=O) groups is 1. The van der Waals surface area contributed by atoms with Crippen molar-refractivity contribution in [1.82, 2.24) is 9.88 Å². The number of amides is 1. The monoisotopic (exact) mass is 462 g/mol. The van der Waals surface area contributed by atoms with E-state index >= 15 is 0 Å². The van der Waals surface area contributed by atoms with Gasteiger partial charge < -0.3 is 19.4 Å². The van der Waals surface area contributed by atoms with E-state index < -0.39 is 0 Å². The van der Waals surface area contributed by atoms with Crippen LogP contribution in [0.4, 0.5) is 0 Å². The second kappa shape index (κ2) is 8.05. The summed E-state index contributed by atoms with van der Waals surface area (Å²) >= 11 is 0. The summed E-state index contributed by atoms with van der Waals surface area (Å²) in [7, 11) is 0. The molecule has 1 atom stereocenters. The highest BCUT2D eigenvalue weighted by Gasteiger charge is 2.34. The summed E-state index contributed by atoms with van der Waals surface area (Å²) in [4.78, 5) is 19.2. The predicted molar refractivity (Wildman–Crippen MR) is 136 cm³/mol. The fraction of sp³-hybridized carbons (Fsp3) is 0.233. The van der Waals surface area contributed by atoms with Crippen LogP contribution in [0.3, 0.4) is 0 Å². The first kappa shape index (κ1) is 20.4. The minimum absolute atomic E-state index is 0.0115. The number of rotatable bonds is 3. The molecule has 1 N–H and O–H groups in total. The molecule has 3 heterocycles. The Morgan fingerprint density at radius 1 is 0.943 bits per heavy atom. The second-order valence-corrected chi connectivity index (χ2v) is 9.57. The van der Waals surface area contributed by atoms with Gasteiger partial charge in [0.25, 0.3) is 0 Å². The fourth-order valence-electron chi connectivity index (χ4n) is 5.87. The van der Waals surface area contributed by atoms with E-state index in [0.717, 1.165) is 53.1 Å². The van der Waals surface area contributed by atoms with E-state index in [1.807, 2.05) is 35.2 Å². The molecule has 1 unspecified atom stereocenters. The summed E-state index contributed by atoms with van der Waals surface area (Å²) in [6.45, 7) is 0.884. The first-order chi connectivity index (χ1) is 17.2. The Morgan fingerprint density at radius 2 is 1.83 bits per heavy atom. The Hall–Kier alpha value is -3.99. The molecule has 0 spiro atoms. The minimum atomic E-state index is -0.224. The predicted octanol–water partition coefficient (Wildman–Crippen LogP) is 5.57. The summed E-state index contributed by atoms with van der Waals surface area (Å²) in [5.74, 6) is 1.49. The van der Waals surface area contributed by atoms with Crippen LogP contribution in [0.15, 0.2) is 66.7 Å². The molecule has 5 nitrogen and oxygen atoms in total. The Kier molecular flexibility index (Phi) is 4.69. The smallest absolute Gasteiger partial charge is 0.247 e. The molecule has 174 valence electrons. The van der Waals surface area contributed by atoms with E-state index in [9.17, 15) is 4.79 Å². The van der Waals surface area contributed by atoms with E-state index in [1.54, 1.807) is 6.08 Å². The molecule has 1 amide bonds. The number of aryl methyl sites for hydroxylation is 2. The molecule has 5 heteroatoms. The Bertz CT molecular complexity index is 1500. The number of nitrogens with zero attached hydrogens (tertiary/aromatic N) is 1. The number of fused-ring (bicyclic) bond motifs is 5. The van der Waals surface area contributed by atoms with Crippen molar-refractivity contribution in [1.29, 1.82) is 0 Å². The van der Waals surface area contributed by atoms with Gasteiger partial charge in [0.15, 0.2) is 11.5 Å². The number of benzene rings is 3. The molecular formula is C30H26N2O3. The maximum absolute atomic E-state index is 13.6. The Morgan fingerprint density at radius 3 is 2.80 bits per heavy atom. The number of hydrogen-bond donors (Lipinski definition) is 1. The first-order valence-corrected chi connectivity index (χ1v) is 12.3. The topological polar surface area (TPSA) is 54.6 Å². The molecule has 0 radical (unpaired) electrons. The molecule has 0 saturated carbocycles. The third-order valence-electron chi connectivity index (χ3n) is 7.57. The van der Waals surface area contributed by atoms with Crippen LogP contribution < -0.4 is 9.47 Å². The van der Waals surface area contributed by atoms with Crippen LogP contribution in [0.5, 0.6) is 11.5 Å². The van der Waals surface area contributed by atoms with Crippen LogP contribution in [0, 0.1) is 0 Å². The van der Waals surface area contributed by atoms with Crippen molar-refractivity contribution >= 4 is 22.9 Å². The molecule has 0 fully saturated rings. The number of aromatic nitrogens is 1. The second-order valence-electron chi connectivity index (χ2n) is 9.57. The summed E-state index contributed by atoms with van der Waals surface area (Å²) in [5.41, 5.74) is 8.43. The highest BCUT2D eigenvalue weighted by molar-refractivity contribution is 5.93. The van der Waals surface area contributed by atoms with E-state index in [4.69, 9.17) is 9.47 Å². The van der Waals surface area contributed by atoms with Gasteiger partial charge in [0.05, 0.1) is 6.04 Å². The molecule has 3 aliphatic rings. The molecule has 4 aromatic rings. The van der Waals surface area contributed by atoms with E-state index in [0.29, 0.717) is 6.54 Å². The molecule has 1 aromatic heterocycles. The molecule has 35 heavy (non-hydrogen) atoms. The largest absolute Gasteiger partial charge is 0.454 e. The van der Waals surface area contributed by atoms with Crippen molar-refractivity contribution in [3.8, 4) is 11.5 Å². The number of nitrogens with one attached hydrogen (secondary N) is 1. The van der Waals surface area contributed by atoms with E-state index in [2.05, 4.69) is 41.4 Å². The average Bonchev–Trinajstić information content (AvgIpc) is 3.63. The van der Waals surface area contributed by atoms with Crippen molar-refractivity contribution in [3.05, 3.63) is 100 Å². The minimum Gasteiger partial charge on any atom is -0.454 e. The highest BCUT2D eigenvalue weighted by Crippen LogP contribution is 2.42. The van der Waals surface area contributed by atoms with Crippen LogP contribution in [0.25, 0.3) is 17.0 Å². The van der Waals surface area contributed by atoms with Crippen LogP contribution in [0.1, 0.15) is 46.0 Å². The van der Waals surface area contributed by atoms with Gasteiger partial charge in [-0.25, -0.2) is 0 Å². The number of aromatic amines is 1. The lowest BCUT2D eigenvalue weighted by Crippen LogP contribution is -2.39. The zero-order chi connectivity index (χ0) is 23.4. The lowest BCUT2D eigenvalue weighted by Gasteiger charge is -2.35. The van der Waals surface area contributed by atoms with Gasteiger partial charge in [-0.15, -0.1) is 0 Å². The normalized spacial score (nSPS) is 18.3. The van der Waals surface area contributed by atoms with Crippen molar-refractivity contribution in [3.63, 3.8) is 0 Å². The highest BCUT2D eigenvalue weighted by atomic mass is 16.7. The van der Waals surface area contributed by atoms with Crippen LogP contribution in [-0.4, -0.2) is 29.1 Å². The van der Waals surface area contributed by atoms with E-state index in [1.165, 1.54) is 28.5 Å². The molecular weight excluding hydrogens is 436 g/mol. The molecule has 0 bridgehead atoms. The summed E-state index contributed by atoms with van der Waals surface area (Å²) in [5, 5.41) is 1.23. The van der Waals surface area contributed by atoms with Crippen molar-refractivity contribution < 1.29 is 14.3 Å². The van der Waals surface area contributed by atoms with Crippen LogP contribution in [-0.2, 0) is 24.1 Å². The van der Waals surface area contributed by atoms with Gasteiger partial charge in [-0.05, 0) is 77.8 Å². The third-order valence-corrected chi connectivity index (χ3v) is 7.57. The Balaban J connectivity index is 1.27. The fourth-order valence-corrected chi connectivity index (χ4v) is 5.87. The van der Waals surface area contributed by atoms with Gasteiger partial charge in [-0.2, -0.15) is 0 Å². The lowest BCUT2D eigenvalue weighted by molar-refractivity contribution is -0.128. The third kappa shape index (κ3) is 3.42. The zero-order valence-electron chi connectivity index (χ0n) is 19.4. The van der Waals surface area contributed by atoms with Gasteiger partial charge in [0.2, 0.25) is 12.7 Å². The van der Waals surface area contributed by atoms with Gasteiger partial charge in [-0.3, -0.25) is 4.79 Å². The quantitative estimate of drug-likeness (QED) is 0.405. The maximum atomic E-state index is 13.6. The summed E-state index contributed by atoms with van der Waals surface area (Å²) in [6, 6.07) is 20.7. The number of H-pyrrole nitrogens is 1. The van der Waals surface area contributed by atoms with E-state index in [-0.39, 0.29) is 18.7 Å². The van der Waals surface area contributed by atoms with Crippen LogP contribution >= 0.6 is 0 Å². The molecule has 7 rings (SSSR count). The molecule has 1 aliphatic carbocycles. The van der Waals surface area contributed by atoms with Crippen molar-refractivity contribution in [2.45, 2.75) is 31.7 Å². The number of carbonyl (C=O) groups excluding carboxylic acids is 1. The maximum Gasteiger partial charge on any atom is 0.247 e. The van der Waals surface area contributed by atoms with Gasteiger partial charge >= 0.3 is 0 Å². The summed E-state index contributed by atoms with van der Waals surface area (Å²) < 4.78 is 11.2. The molecule has 0 saturated heterocycles. The van der Waals surface area contributed by atoms with Crippen LogP contribution in [0.2, 0.25) is 0 Å². The molecule has 2 aliphatic heterocycles. The number of hydrogen-bond acceptors (Lipinski definition) is 3. The summed E-state index contributed by atoms with van der Waals surface area (Å²) in [6.07, 6.45) is 8.02. The SMILES string of the molecule is O=C(/C=C/c1ccc2c(c1)CCC2)N1CCc2c([nH]c3ccccc23)C1c1ccc2c(c1)OCO2. The Labute approximate surface area is 204 Å². The van der Waals surface area contributed by atoms with Crippen molar-refractivity contribution in [2.24, 2.45) is 0 Å². The zero-order valence-corrected chi connectivity index (χ0v) is 19.4.